The average Bonchev–Trinajstić information content (AvgIpc) is 2.32. The number of anilines is 1. The molecule has 0 aliphatic rings. The van der Waals surface area contributed by atoms with Gasteiger partial charge < -0.3 is 14.9 Å². The van der Waals surface area contributed by atoms with E-state index < -0.39 is 17.8 Å². The molecule has 1 aromatic carbocycles. The molecule has 1 rings (SSSR count). The SMILES string of the molecule is C=CCOC(=O)Nc1c(C(=O)O)ccc(Cl)c1O. The number of aromatic hydroxyl groups is 1. The molecule has 0 saturated carbocycles. The van der Waals surface area contributed by atoms with Gasteiger partial charge in [-0.1, -0.05) is 24.3 Å². The number of carboxylic acid groups (broad SMARTS) is 1. The predicted octanol–water partition coefficient (Wildman–Crippen LogP) is 2.48. The minimum Gasteiger partial charge on any atom is -0.504 e. The quantitative estimate of drug-likeness (QED) is 0.577. The Labute approximate surface area is 107 Å². The second-order valence-corrected chi connectivity index (χ2v) is 3.54. The van der Waals surface area contributed by atoms with E-state index in [9.17, 15) is 14.7 Å². The molecule has 0 aromatic heterocycles. The van der Waals surface area contributed by atoms with Gasteiger partial charge in [-0.15, -0.1) is 0 Å². The predicted molar refractivity (Wildman–Crippen MR) is 65.2 cm³/mol. The Kier molecular flexibility index (Phi) is 4.56. The van der Waals surface area contributed by atoms with Gasteiger partial charge in [-0.2, -0.15) is 0 Å². The molecule has 0 aliphatic heterocycles. The number of phenols is 1. The summed E-state index contributed by atoms with van der Waals surface area (Å²) in [6.45, 7) is 3.30. The van der Waals surface area contributed by atoms with Crippen LogP contribution in [0.2, 0.25) is 5.02 Å². The second-order valence-electron chi connectivity index (χ2n) is 3.14. The van der Waals surface area contributed by atoms with Crippen molar-refractivity contribution in [3.05, 3.63) is 35.4 Å². The summed E-state index contributed by atoms with van der Waals surface area (Å²) in [5, 5.41) is 20.6. The van der Waals surface area contributed by atoms with Crippen LogP contribution in [-0.2, 0) is 4.74 Å². The Hall–Kier alpha value is -2.21. The molecule has 96 valence electrons. The van der Waals surface area contributed by atoms with Crippen LogP contribution in [0, 0.1) is 0 Å². The number of rotatable bonds is 4. The number of aromatic carboxylic acids is 1. The van der Waals surface area contributed by atoms with E-state index in [2.05, 4.69) is 16.6 Å². The highest BCUT2D eigenvalue weighted by Gasteiger charge is 2.19. The Morgan fingerprint density at radius 1 is 1.50 bits per heavy atom. The molecule has 0 aliphatic carbocycles. The third-order valence-corrected chi connectivity index (χ3v) is 2.22. The maximum atomic E-state index is 11.3. The number of phenolic OH excluding ortho intramolecular Hbond substituents is 1. The van der Waals surface area contributed by atoms with Gasteiger partial charge >= 0.3 is 12.1 Å². The molecule has 0 spiro atoms. The Bertz CT molecular complexity index is 500. The van der Waals surface area contributed by atoms with E-state index in [1.54, 1.807) is 0 Å². The molecule has 0 saturated heterocycles. The molecule has 0 fully saturated rings. The minimum atomic E-state index is -1.32. The lowest BCUT2D eigenvalue weighted by Crippen LogP contribution is -2.16. The van der Waals surface area contributed by atoms with Crippen molar-refractivity contribution < 1.29 is 24.5 Å². The zero-order valence-electron chi connectivity index (χ0n) is 9.14. The van der Waals surface area contributed by atoms with Crippen molar-refractivity contribution in [2.45, 2.75) is 0 Å². The Morgan fingerprint density at radius 2 is 2.17 bits per heavy atom. The number of hydrogen-bond donors (Lipinski definition) is 3. The van der Waals surface area contributed by atoms with Gasteiger partial charge in [-0.3, -0.25) is 5.32 Å². The third-order valence-electron chi connectivity index (χ3n) is 1.92. The lowest BCUT2D eigenvalue weighted by Gasteiger charge is -2.11. The zero-order chi connectivity index (χ0) is 13.7. The van der Waals surface area contributed by atoms with Gasteiger partial charge in [0.15, 0.2) is 5.75 Å². The van der Waals surface area contributed by atoms with Gasteiger partial charge in [0.05, 0.1) is 10.6 Å². The normalized spacial score (nSPS) is 9.61. The van der Waals surface area contributed by atoms with Crippen molar-refractivity contribution in [1.29, 1.82) is 0 Å². The number of ether oxygens (including phenoxy) is 1. The molecule has 7 heteroatoms. The summed E-state index contributed by atoms with van der Waals surface area (Å²) in [5.74, 6) is -1.85. The molecule has 18 heavy (non-hydrogen) atoms. The molecule has 0 unspecified atom stereocenters. The summed E-state index contributed by atoms with van der Waals surface area (Å²) in [5.41, 5.74) is -0.614. The first-order valence-electron chi connectivity index (χ1n) is 4.76. The van der Waals surface area contributed by atoms with Gasteiger partial charge in [-0.25, -0.2) is 9.59 Å². The van der Waals surface area contributed by atoms with Crippen molar-refractivity contribution >= 4 is 29.4 Å². The summed E-state index contributed by atoms with van der Waals surface area (Å²) in [6.07, 6.45) is 0.421. The summed E-state index contributed by atoms with van der Waals surface area (Å²) < 4.78 is 4.61. The number of amides is 1. The first-order valence-corrected chi connectivity index (χ1v) is 5.14. The van der Waals surface area contributed by atoms with Gasteiger partial charge in [0.2, 0.25) is 0 Å². The molecule has 3 N–H and O–H groups in total. The molecule has 0 heterocycles. The first-order chi connectivity index (χ1) is 8.47. The average molecular weight is 272 g/mol. The van der Waals surface area contributed by atoms with Crippen molar-refractivity contribution in [1.82, 2.24) is 0 Å². The van der Waals surface area contributed by atoms with E-state index in [1.807, 2.05) is 0 Å². The minimum absolute atomic E-state index is 0.0461. The fourth-order valence-corrected chi connectivity index (χ4v) is 1.30. The molecule has 0 bridgehead atoms. The first kappa shape index (κ1) is 13.9. The van der Waals surface area contributed by atoms with Crippen molar-refractivity contribution in [3.63, 3.8) is 0 Å². The molecule has 0 atom stereocenters. The van der Waals surface area contributed by atoms with E-state index in [0.717, 1.165) is 6.07 Å². The maximum absolute atomic E-state index is 11.3. The number of hydrogen-bond acceptors (Lipinski definition) is 4. The second kappa shape index (κ2) is 5.92. The summed E-state index contributed by atoms with van der Waals surface area (Å²) in [4.78, 5) is 22.2. The Morgan fingerprint density at radius 3 is 2.72 bits per heavy atom. The highest BCUT2D eigenvalue weighted by atomic mass is 35.5. The highest BCUT2D eigenvalue weighted by molar-refractivity contribution is 6.33. The third kappa shape index (κ3) is 3.14. The largest absolute Gasteiger partial charge is 0.504 e. The van der Waals surface area contributed by atoms with Crippen LogP contribution in [0.3, 0.4) is 0 Å². The number of nitrogens with one attached hydrogen (secondary N) is 1. The number of carbonyl (C=O) groups is 2. The van der Waals surface area contributed by atoms with Crippen LogP contribution in [0.4, 0.5) is 10.5 Å². The molecule has 1 amide bonds. The molecule has 6 nitrogen and oxygen atoms in total. The number of carboxylic acids is 1. The van der Waals surface area contributed by atoms with Crippen LogP contribution in [0.1, 0.15) is 10.4 Å². The Balaban J connectivity index is 3.05. The fourth-order valence-electron chi connectivity index (χ4n) is 1.14. The standard InChI is InChI=1S/C11H10ClNO5/c1-2-5-18-11(17)13-8-6(10(15)16)3-4-7(12)9(8)14/h2-4,14H,1,5H2,(H,13,17)(H,15,16). The molecule has 1 aromatic rings. The van der Waals surface area contributed by atoms with E-state index in [-0.39, 0.29) is 22.9 Å². The number of benzene rings is 1. The van der Waals surface area contributed by atoms with Crippen LogP contribution in [-0.4, -0.2) is 28.9 Å². The van der Waals surface area contributed by atoms with Gasteiger partial charge in [-0.05, 0) is 12.1 Å². The van der Waals surface area contributed by atoms with Crippen LogP contribution >= 0.6 is 11.6 Å². The van der Waals surface area contributed by atoms with Crippen molar-refractivity contribution in [2.24, 2.45) is 0 Å². The van der Waals surface area contributed by atoms with E-state index in [0.29, 0.717) is 0 Å². The van der Waals surface area contributed by atoms with E-state index in [4.69, 9.17) is 16.7 Å². The van der Waals surface area contributed by atoms with Gasteiger partial charge in [0, 0.05) is 0 Å². The zero-order valence-corrected chi connectivity index (χ0v) is 9.90. The van der Waals surface area contributed by atoms with Crippen molar-refractivity contribution in [2.75, 3.05) is 11.9 Å². The van der Waals surface area contributed by atoms with Crippen LogP contribution in [0.15, 0.2) is 24.8 Å². The van der Waals surface area contributed by atoms with E-state index in [1.165, 1.54) is 12.1 Å². The maximum Gasteiger partial charge on any atom is 0.412 e. The number of carbonyl (C=O) groups excluding carboxylic acids is 1. The topological polar surface area (TPSA) is 95.9 Å². The summed E-state index contributed by atoms with van der Waals surface area (Å²) in [7, 11) is 0. The van der Waals surface area contributed by atoms with Crippen LogP contribution < -0.4 is 5.32 Å². The lowest BCUT2D eigenvalue weighted by molar-refractivity contribution is 0.0697. The molecule has 0 radical (unpaired) electrons. The monoisotopic (exact) mass is 271 g/mol. The van der Waals surface area contributed by atoms with E-state index >= 15 is 0 Å². The van der Waals surface area contributed by atoms with Gasteiger partial charge in [0.1, 0.15) is 12.3 Å². The van der Waals surface area contributed by atoms with Crippen LogP contribution in [0.5, 0.6) is 5.75 Å². The smallest absolute Gasteiger partial charge is 0.412 e. The fraction of sp³-hybridized carbons (Fsp3) is 0.0909. The molecular formula is C11H10ClNO5. The van der Waals surface area contributed by atoms with Gasteiger partial charge in [0.25, 0.3) is 0 Å². The van der Waals surface area contributed by atoms with Crippen LogP contribution in [0.25, 0.3) is 0 Å². The molecular weight excluding hydrogens is 262 g/mol. The summed E-state index contributed by atoms with van der Waals surface area (Å²) in [6, 6.07) is 2.37. The highest BCUT2D eigenvalue weighted by Crippen LogP contribution is 2.34. The lowest BCUT2D eigenvalue weighted by atomic mass is 10.1. The number of halogens is 1. The summed E-state index contributed by atoms with van der Waals surface area (Å²) >= 11 is 5.63. The van der Waals surface area contributed by atoms with Crippen molar-refractivity contribution in [3.8, 4) is 5.75 Å².